The number of esters is 1. The van der Waals surface area contributed by atoms with E-state index in [9.17, 15) is 14.0 Å². The van der Waals surface area contributed by atoms with Gasteiger partial charge >= 0.3 is 5.97 Å². The normalized spacial score (nSPS) is 11.8. The Hall–Kier alpha value is -3.27. The van der Waals surface area contributed by atoms with Crippen molar-refractivity contribution in [2.24, 2.45) is 0 Å². The molecule has 0 bridgehead atoms. The molecule has 8 nitrogen and oxygen atoms in total. The zero-order chi connectivity index (χ0) is 23.4. The molecule has 1 heterocycles. The Morgan fingerprint density at radius 2 is 1.88 bits per heavy atom. The number of carbonyl (C=O) groups excluding carboxylic acids is 1. The first-order chi connectivity index (χ1) is 15.4. The summed E-state index contributed by atoms with van der Waals surface area (Å²) in [4.78, 5) is 30.4. The molecule has 0 N–H and O–H groups in total. The van der Waals surface area contributed by atoms with E-state index in [2.05, 4.69) is 4.98 Å². The van der Waals surface area contributed by atoms with E-state index in [0.29, 0.717) is 0 Å². The van der Waals surface area contributed by atoms with Crippen LogP contribution in [-0.2, 0) is 9.53 Å². The highest BCUT2D eigenvalue weighted by Crippen LogP contribution is 2.42. The van der Waals surface area contributed by atoms with E-state index in [1.807, 2.05) is 0 Å². The third-order valence-electron chi connectivity index (χ3n) is 4.60. The number of rotatable bonds is 8. The summed E-state index contributed by atoms with van der Waals surface area (Å²) >= 11 is 1.02. The van der Waals surface area contributed by atoms with Gasteiger partial charge in [-0.2, -0.15) is 0 Å². The van der Waals surface area contributed by atoms with Gasteiger partial charge in [-0.3, -0.25) is 14.2 Å². The fourth-order valence-corrected chi connectivity index (χ4v) is 4.07. The molecule has 0 radical (unpaired) electrons. The predicted molar refractivity (Wildman–Crippen MR) is 119 cm³/mol. The van der Waals surface area contributed by atoms with E-state index >= 15 is 0 Å². The average Bonchev–Trinajstić information content (AvgIpc) is 2.78. The molecule has 1 atom stereocenters. The number of fused-ring (bicyclic) bond motifs is 1. The van der Waals surface area contributed by atoms with Gasteiger partial charge in [-0.15, -0.1) is 0 Å². The largest absolute Gasteiger partial charge is 0.493 e. The smallest absolute Gasteiger partial charge is 0.319 e. The zero-order valence-electron chi connectivity index (χ0n) is 18.3. The maximum Gasteiger partial charge on any atom is 0.319 e. The quantitative estimate of drug-likeness (QED) is 0.285. The van der Waals surface area contributed by atoms with Crippen molar-refractivity contribution in [3.05, 3.63) is 46.5 Å². The summed E-state index contributed by atoms with van der Waals surface area (Å²) in [6.07, 6.45) is 0. The molecule has 0 unspecified atom stereocenters. The van der Waals surface area contributed by atoms with Crippen molar-refractivity contribution >= 4 is 28.6 Å². The van der Waals surface area contributed by atoms with Crippen LogP contribution in [0.25, 0.3) is 16.6 Å². The summed E-state index contributed by atoms with van der Waals surface area (Å²) in [7, 11) is 4.30. The second-order valence-corrected chi connectivity index (χ2v) is 7.88. The lowest BCUT2D eigenvalue weighted by Crippen LogP contribution is -2.24. The topological polar surface area (TPSA) is 88.9 Å². The zero-order valence-corrected chi connectivity index (χ0v) is 19.1. The summed E-state index contributed by atoms with van der Waals surface area (Å²) in [6.45, 7) is 3.56. The van der Waals surface area contributed by atoms with Gasteiger partial charge in [0.2, 0.25) is 5.75 Å². The average molecular weight is 462 g/mol. The monoisotopic (exact) mass is 462 g/mol. The number of thioether (sulfide) groups is 1. The molecule has 0 saturated carbocycles. The molecule has 0 fully saturated rings. The van der Waals surface area contributed by atoms with Crippen LogP contribution in [0.15, 0.2) is 40.3 Å². The number of methoxy groups -OCH3 is 3. The van der Waals surface area contributed by atoms with Gasteiger partial charge in [-0.25, -0.2) is 9.37 Å². The van der Waals surface area contributed by atoms with E-state index in [1.165, 1.54) is 50.2 Å². The highest BCUT2D eigenvalue weighted by Gasteiger charge is 2.25. The Bertz CT molecular complexity index is 1210. The van der Waals surface area contributed by atoms with Crippen LogP contribution < -0.4 is 19.8 Å². The maximum absolute atomic E-state index is 14.0. The molecule has 0 aliphatic heterocycles. The van der Waals surface area contributed by atoms with Crippen molar-refractivity contribution in [3.8, 4) is 22.9 Å². The number of carbonyl (C=O) groups is 1. The summed E-state index contributed by atoms with van der Waals surface area (Å²) in [5.41, 5.74) is -0.00326. The van der Waals surface area contributed by atoms with Crippen LogP contribution in [0.5, 0.6) is 17.2 Å². The van der Waals surface area contributed by atoms with Crippen molar-refractivity contribution in [1.29, 1.82) is 0 Å². The minimum atomic E-state index is -0.676. The third kappa shape index (κ3) is 4.36. The summed E-state index contributed by atoms with van der Waals surface area (Å²) < 4.78 is 36.5. The molecule has 0 spiro atoms. The number of benzene rings is 2. The van der Waals surface area contributed by atoms with Gasteiger partial charge in [0.15, 0.2) is 16.7 Å². The van der Waals surface area contributed by atoms with Gasteiger partial charge in [0.05, 0.1) is 39.0 Å². The Labute approximate surface area is 188 Å². The Morgan fingerprint density at radius 1 is 1.16 bits per heavy atom. The molecule has 0 aliphatic carbocycles. The van der Waals surface area contributed by atoms with E-state index in [1.54, 1.807) is 19.9 Å². The summed E-state index contributed by atoms with van der Waals surface area (Å²) in [6, 6.07) is 7.04. The number of nitrogens with zero attached hydrogens (tertiary/aromatic N) is 2. The lowest BCUT2D eigenvalue weighted by atomic mass is 10.2. The maximum atomic E-state index is 14.0. The number of hydrogen-bond donors (Lipinski definition) is 0. The van der Waals surface area contributed by atoms with Gasteiger partial charge in [-0.1, -0.05) is 17.8 Å². The van der Waals surface area contributed by atoms with Gasteiger partial charge in [0, 0.05) is 0 Å². The first-order valence-electron chi connectivity index (χ1n) is 9.71. The van der Waals surface area contributed by atoms with Crippen LogP contribution in [0, 0.1) is 5.82 Å². The van der Waals surface area contributed by atoms with Gasteiger partial charge in [-0.05, 0) is 38.1 Å². The first kappa shape index (κ1) is 23.4. The van der Waals surface area contributed by atoms with E-state index in [4.69, 9.17) is 18.9 Å². The molecular formula is C22H23FN2O6S. The SMILES string of the molecule is CCOC(=O)[C@H](C)Sc1nc2c(OC)c(OC)c(OC)cc2c(=O)n1-c1cccc(F)c1. The number of hydrogen-bond acceptors (Lipinski definition) is 8. The molecule has 2 aromatic carbocycles. The van der Waals surface area contributed by atoms with Crippen LogP contribution in [0.3, 0.4) is 0 Å². The molecule has 1 aromatic heterocycles. The van der Waals surface area contributed by atoms with Crippen LogP contribution in [0.1, 0.15) is 13.8 Å². The fourth-order valence-electron chi connectivity index (χ4n) is 3.16. The van der Waals surface area contributed by atoms with Crippen molar-refractivity contribution in [1.82, 2.24) is 9.55 Å². The Balaban J connectivity index is 2.36. The van der Waals surface area contributed by atoms with Crippen molar-refractivity contribution in [3.63, 3.8) is 0 Å². The fraction of sp³-hybridized carbons (Fsp3) is 0.318. The van der Waals surface area contributed by atoms with Gasteiger partial charge in [0.1, 0.15) is 16.6 Å². The molecule has 0 amide bonds. The molecule has 3 aromatic rings. The molecule has 3 rings (SSSR count). The lowest BCUT2D eigenvalue weighted by Gasteiger charge is -2.18. The summed E-state index contributed by atoms with van der Waals surface area (Å²) in [5.74, 6) is -0.226. The predicted octanol–water partition coefficient (Wildman–Crippen LogP) is 3.59. The van der Waals surface area contributed by atoms with Crippen LogP contribution >= 0.6 is 11.8 Å². The summed E-state index contributed by atoms with van der Waals surface area (Å²) in [5, 5.41) is -0.332. The van der Waals surface area contributed by atoms with Crippen LogP contribution in [0.2, 0.25) is 0 Å². The minimum Gasteiger partial charge on any atom is -0.493 e. The minimum absolute atomic E-state index is 0.166. The standard InChI is InChI=1S/C22H23FN2O6S/c1-6-31-21(27)12(2)32-22-24-17-15(11-16(28-3)18(29-4)19(17)30-5)20(26)25(22)14-9-7-8-13(23)10-14/h7-12H,6H2,1-5H3/t12-/m0/s1. The second kappa shape index (κ2) is 9.90. The number of ether oxygens (including phenoxy) is 4. The Morgan fingerprint density at radius 3 is 2.47 bits per heavy atom. The highest BCUT2D eigenvalue weighted by molar-refractivity contribution is 8.00. The molecule has 0 aliphatic rings. The number of halogens is 1. The molecule has 32 heavy (non-hydrogen) atoms. The number of aromatic nitrogens is 2. The van der Waals surface area contributed by atoms with E-state index in [-0.39, 0.29) is 45.6 Å². The van der Waals surface area contributed by atoms with Crippen molar-refractivity contribution < 1.29 is 28.1 Å². The Kier molecular flexibility index (Phi) is 7.24. The lowest BCUT2D eigenvalue weighted by molar-refractivity contribution is -0.142. The molecule has 170 valence electrons. The molecular weight excluding hydrogens is 439 g/mol. The van der Waals surface area contributed by atoms with Crippen LogP contribution in [-0.4, -0.2) is 48.7 Å². The van der Waals surface area contributed by atoms with E-state index < -0.39 is 22.6 Å². The third-order valence-corrected chi connectivity index (χ3v) is 5.63. The molecule has 10 heteroatoms. The van der Waals surface area contributed by atoms with Gasteiger partial charge in [0.25, 0.3) is 5.56 Å². The molecule has 0 saturated heterocycles. The van der Waals surface area contributed by atoms with Gasteiger partial charge < -0.3 is 18.9 Å². The van der Waals surface area contributed by atoms with Crippen LogP contribution in [0.4, 0.5) is 4.39 Å². The highest BCUT2D eigenvalue weighted by atomic mass is 32.2. The first-order valence-corrected chi connectivity index (χ1v) is 10.6. The van der Waals surface area contributed by atoms with Crippen molar-refractivity contribution in [2.75, 3.05) is 27.9 Å². The van der Waals surface area contributed by atoms with E-state index in [0.717, 1.165) is 11.8 Å². The second-order valence-electron chi connectivity index (χ2n) is 6.57. The van der Waals surface area contributed by atoms with Crippen molar-refractivity contribution in [2.45, 2.75) is 24.3 Å².